The second-order valence-electron chi connectivity index (χ2n) is 8.26. The maximum atomic E-state index is 11.9. The molecular formula is C18H27N7O2S. The van der Waals surface area contributed by atoms with Gasteiger partial charge in [-0.25, -0.2) is 12.7 Å². The van der Waals surface area contributed by atoms with Crippen LogP contribution in [0.4, 0.5) is 5.82 Å². The number of fused-ring (bicyclic) bond motifs is 1. The fourth-order valence-electron chi connectivity index (χ4n) is 4.20. The van der Waals surface area contributed by atoms with E-state index in [1.165, 1.54) is 19.3 Å². The van der Waals surface area contributed by atoms with Crippen LogP contribution in [0, 0.1) is 0 Å². The predicted octanol–water partition coefficient (Wildman–Crippen LogP) is 0.548. The summed E-state index contributed by atoms with van der Waals surface area (Å²) in [6, 6.07) is 4.43. The lowest BCUT2D eigenvalue weighted by atomic mass is 9.85. The van der Waals surface area contributed by atoms with Crippen LogP contribution >= 0.6 is 0 Å². The van der Waals surface area contributed by atoms with Crippen LogP contribution in [0.15, 0.2) is 12.1 Å². The summed E-state index contributed by atoms with van der Waals surface area (Å²) in [5.41, 5.74) is 0.812. The minimum absolute atomic E-state index is 0.300. The molecule has 4 heterocycles. The van der Waals surface area contributed by atoms with Gasteiger partial charge in [0.05, 0.1) is 5.75 Å². The molecule has 0 atom stereocenters. The van der Waals surface area contributed by atoms with Crippen molar-refractivity contribution in [2.24, 2.45) is 0 Å². The largest absolute Gasteiger partial charge is 0.352 e. The molecular weight excluding hydrogens is 378 g/mol. The standard InChI is InChI=1S/C18H27N7O2S/c1-22(9-10-24-8-3-11-28(24,26)27)15-12-23(13-15)17-7-6-16-19-20-18(25(16)21-17)14-4-2-5-14/h6-7,14-15H,2-5,8-13H2,1H3. The molecule has 1 aliphatic carbocycles. The highest BCUT2D eigenvalue weighted by molar-refractivity contribution is 7.89. The van der Waals surface area contributed by atoms with E-state index in [4.69, 9.17) is 5.10 Å². The van der Waals surface area contributed by atoms with E-state index in [0.717, 1.165) is 43.3 Å². The van der Waals surface area contributed by atoms with Crippen molar-refractivity contribution < 1.29 is 8.42 Å². The van der Waals surface area contributed by atoms with Crippen LogP contribution in [-0.2, 0) is 10.0 Å². The summed E-state index contributed by atoms with van der Waals surface area (Å²) in [4.78, 5) is 4.53. The molecule has 5 rings (SSSR count). The number of sulfonamides is 1. The molecule has 2 aromatic heterocycles. The van der Waals surface area contributed by atoms with Crippen LogP contribution < -0.4 is 4.90 Å². The SMILES string of the molecule is CN(CCN1CCCS1(=O)=O)C1CN(c2ccc3nnc(C4CCC4)n3n2)C1. The molecule has 0 spiro atoms. The molecule has 28 heavy (non-hydrogen) atoms. The quantitative estimate of drug-likeness (QED) is 0.693. The first kappa shape index (κ1) is 18.3. The fraction of sp³-hybridized carbons (Fsp3) is 0.722. The molecule has 0 radical (unpaired) electrons. The average molecular weight is 406 g/mol. The zero-order valence-electron chi connectivity index (χ0n) is 16.2. The van der Waals surface area contributed by atoms with E-state index in [9.17, 15) is 8.42 Å². The number of anilines is 1. The third-order valence-corrected chi connectivity index (χ3v) is 8.41. The monoisotopic (exact) mass is 405 g/mol. The highest BCUT2D eigenvalue weighted by Gasteiger charge is 2.33. The van der Waals surface area contributed by atoms with E-state index in [2.05, 4.69) is 27.0 Å². The van der Waals surface area contributed by atoms with Crippen molar-refractivity contribution in [1.29, 1.82) is 0 Å². The van der Waals surface area contributed by atoms with Gasteiger partial charge in [0.25, 0.3) is 0 Å². The molecule has 3 fully saturated rings. The smallest absolute Gasteiger partial charge is 0.214 e. The first-order valence-corrected chi connectivity index (χ1v) is 11.8. The summed E-state index contributed by atoms with van der Waals surface area (Å²) < 4.78 is 27.4. The number of nitrogens with zero attached hydrogens (tertiary/aromatic N) is 7. The van der Waals surface area contributed by atoms with Gasteiger partial charge in [-0.05, 0) is 38.4 Å². The van der Waals surface area contributed by atoms with Crippen molar-refractivity contribution in [1.82, 2.24) is 29.0 Å². The van der Waals surface area contributed by atoms with Gasteiger partial charge in [-0.3, -0.25) is 4.90 Å². The first-order valence-electron chi connectivity index (χ1n) is 10.2. The lowest BCUT2D eigenvalue weighted by Crippen LogP contribution is -2.59. The number of aromatic nitrogens is 4. The molecule has 0 bridgehead atoms. The third kappa shape index (κ3) is 3.17. The molecule has 152 valence electrons. The van der Waals surface area contributed by atoms with Gasteiger partial charge in [-0.1, -0.05) is 6.42 Å². The van der Waals surface area contributed by atoms with Crippen LogP contribution in [0.2, 0.25) is 0 Å². The molecule has 0 aromatic carbocycles. The van der Waals surface area contributed by atoms with E-state index >= 15 is 0 Å². The van der Waals surface area contributed by atoms with Crippen LogP contribution in [-0.4, -0.2) is 89.0 Å². The molecule has 0 N–H and O–H groups in total. The van der Waals surface area contributed by atoms with E-state index in [1.54, 1.807) is 4.31 Å². The normalized spacial score (nSPS) is 23.4. The summed E-state index contributed by atoms with van der Waals surface area (Å²) in [5, 5.41) is 13.4. The lowest BCUT2D eigenvalue weighted by molar-refractivity contribution is 0.193. The number of hydrogen-bond donors (Lipinski definition) is 0. The molecule has 0 unspecified atom stereocenters. The highest BCUT2D eigenvalue weighted by Crippen LogP contribution is 2.35. The van der Waals surface area contributed by atoms with Gasteiger partial charge in [0.2, 0.25) is 10.0 Å². The molecule has 10 heteroatoms. The predicted molar refractivity (Wildman–Crippen MR) is 106 cm³/mol. The molecule has 9 nitrogen and oxygen atoms in total. The third-order valence-electron chi connectivity index (χ3n) is 6.46. The highest BCUT2D eigenvalue weighted by atomic mass is 32.2. The number of likely N-dealkylation sites (N-methyl/N-ethyl adjacent to an activating group) is 1. The van der Waals surface area contributed by atoms with Crippen molar-refractivity contribution in [3.63, 3.8) is 0 Å². The summed E-state index contributed by atoms with van der Waals surface area (Å²) in [5.74, 6) is 2.74. The van der Waals surface area contributed by atoms with E-state index < -0.39 is 10.0 Å². The van der Waals surface area contributed by atoms with Gasteiger partial charge >= 0.3 is 0 Å². The maximum Gasteiger partial charge on any atom is 0.214 e. The Kier molecular flexibility index (Phi) is 4.52. The molecule has 0 amide bonds. The van der Waals surface area contributed by atoms with Crippen molar-refractivity contribution in [3.05, 3.63) is 18.0 Å². The van der Waals surface area contributed by atoms with E-state index in [-0.39, 0.29) is 0 Å². The van der Waals surface area contributed by atoms with Crippen molar-refractivity contribution in [2.75, 3.05) is 50.4 Å². The summed E-state index contributed by atoms with van der Waals surface area (Å²) in [6.45, 7) is 3.83. The second kappa shape index (κ2) is 6.93. The molecule has 2 saturated heterocycles. The molecule has 2 aliphatic heterocycles. The van der Waals surface area contributed by atoms with Crippen LogP contribution in [0.25, 0.3) is 5.65 Å². The van der Waals surface area contributed by atoms with Crippen molar-refractivity contribution >= 4 is 21.5 Å². The van der Waals surface area contributed by atoms with E-state index in [1.807, 2.05) is 16.6 Å². The van der Waals surface area contributed by atoms with Gasteiger partial charge in [0, 0.05) is 44.7 Å². The van der Waals surface area contributed by atoms with Crippen molar-refractivity contribution in [2.45, 2.75) is 37.6 Å². The zero-order chi connectivity index (χ0) is 19.3. The molecule has 2 aromatic rings. The van der Waals surface area contributed by atoms with Crippen molar-refractivity contribution in [3.8, 4) is 0 Å². The average Bonchev–Trinajstić information content (AvgIpc) is 3.13. The number of hydrogen-bond acceptors (Lipinski definition) is 7. The van der Waals surface area contributed by atoms with Crippen LogP contribution in [0.3, 0.4) is 0 Å². The summed E-state index contributed by atoms with van der Waals surface area (Å²) >= 11 is 0. The van der Waals surface area contributed by atoms with Gasteiger partial charge in [-0.15, -0.1) is 15.3 Å². The minimum Gasteiger partial charge on any atom is -0.352 e. The number of rotatable bonds is 6. The van der Waals surface area contributed by atoms with Crippen LogP contribution in [0.5, 0.6) is 0 Å². The Morgan fingerprint density at radius 1 is 1.18 bits per heavy atom. The maximum absolute atomic E-state index is 11.9. The summed E-state index contributed by atoms with van der Waals surface area (Å²) in [7, 11) is -0.924. The molecule has 3 aliphatic rings. The van der Waals surface area contributed by atoms with Crippen LogP contribution in [0.1, 0.15) is 37.4 Å². The zero-order valence-corrected chi connectivity index (χ0v) is 17.1. The Bertz CT molecular complexity index is 965. The summed E-state index contributed by atoms with van der Waals surface area (Å²) in [6.07, 6.45) is 4.37. The Morgan fingerprint density at radius 2 is 2.00 bits per heavy atom. The van der Waals surface area contributed by atoms with Gasteiger partial charge in [0.1, 0.15) is 5.82 Å². The van der Waals surface area contributed by atoms with Gasteiger partial charge in [0.15, 0.2) is 11.5 Å². The van der Waals surface area contributed by atoms with Gasteiger partial charge < -0.3 is 4.90 Å². The Hall–Kier alpha value is -1.78. The minimum atomic E-state index is -3.00. The van der Waals surface area contributed by atoms with Gasteiger partial charge in [-0.2, -0.15) is 4.52 Å². The fourth-order valence-corrected chi connectivity index (χ4v) is 5.72. The topological polar surface area (TPSA) is 86.9 Å². The Balaban J connectivity index is 1.19. The Morgan fingerprint density at radius 3 is 2.68 bits per heavy atom. The first-order chi connectivity index (χ1) is 13.5. The molecule has 1 saturated carbocycles. The Labute approximate surface area is 165 Å². The lowest BCUT2D eigenvalue weighted by Gasteiger charge is -2.44. The van der Waals surface area contributed by atoms with E-state index in [0.29, 0.717) is 30.8 Å². The second-order valence-corrected chi connectivity index (χ2v) is 10.3.